The summed E-state index contributed by atoms with van der Waals surface area (Å²) in [5.41, 5.74) is 5.77. The van der Waals surface area contributed by atoms with Crippen LogP contribution in [0.15, 0.2) is 0 Å². The third-order valence-electron chi connectivity index (χ3n) is 4.17. The maximum absolute atomic E-state index is 5.75. The molecule has 0 aromatic heterocycles. The lowest BCUT2D eigenvalue weighted by atomic mass is 9.87. The van der Waals surface area contributed by atoms with Gasteiger partial charge in [0.05, 0.1) is 10.6 Å². The highest BCUT2D eigenvalue weighted by atomic mass is 32.1. The van der Waals surface area contributed by atoms with Gasteiger partial charge in [-0.1, -0.05) is 26.1 Å². The predicted molar refractivity (Wildman–Crippen MR) is 80.9 cm³/mol. The zero-order chi connectivity index (χ0) is 13.8. The topological polar surface area (TPSA) is 38.5 Å². The standard InChI is InChI=1S/C14H28N2OS/c1-13(2,12(15)18)7-5-9-16-10-6-8-14(3,11-16)17-4/h5-11H2,1-4H3,(H2,15,18). The van der Waals surface area contributed by atoms with Gasteiger partial charge in [0.15, 0.2) is 0 Å². The van der Waals surface area contributed by atoms with Crippen LogP contribution in [0.25, 0.3) is 0 Å². The van der Waals surface area contributed by atoms with E-state index in [1.54, 1.807) is 0 Å². The van der Waals surface area contributed by atoms with Gasteiger partial charge in [0.1, 0.15) is 0 Å². The van der Waals surface area contributed by atoms with Gasteiger partial charge in [0, 0.05) is 19.1 Å². The summed E-state index contributed by atoms with van der Waals surface area (Å²) >= 11 is 5.10. The molecule has 106 valence electrons. The molecule has 2 N–H and O–H groups in total. The summed E-state index contributed by atoms with van der Waals surface area (Å²) in [4.78, 5) is 3.13. The molecule has 3 nitrogen and oxygen atoms in total. The number of likely N-dealkylation sites (tertiary alicyclic amines) is 1. The van der Waals surface area contributed by atoms with E-state index in [9.17, 15) is 0 Å². The van der Waals surface area contributed by atoms with E-state index in [4.69, 9.17) is 22.7 Å². The maximum atomic E-state index is 5.75. The van der Waals surface area contributed by atoms with E-state index in [0.29, 0.717) is 4.99 Å². The third kappa shape index (κ3) is 4.48. The molecule has 18 heavy (non-hydrogen) atoms. The van der Waals surface area contributed by atoms with E-state index < -0.39 is 0 Å². The second-order valence-electron chi connectivity index (χ2n) is 6.39. The highest BCUT2D eigenvalue weighted by molar-refractivity contribution is 7.80. The summed E-state index contributed by atoms with van der Waals surface area (Å²) in [6.07, 6.45) is 4.59. The van der Waals surface area contributed by atoms with Crippen LogP contribution < -0.4 is 5.73 Å². The fourth-order valence-corrected chi connectivity index (χ4v) is 2.64. The Morgan fingerprint density at radius 2 is 2.17 bits per heavy atom. The number of thiocarbonyl (C=S) groups is 1. The first kappa shape index (κ1) is 15.9. The first-order chi connectivity index (χ1) is 8.29. The molecule has 0 saturated carbocycles. The highest BCUT2D eigenvalue weighted by Gasteiger charge is 2.30. The zero-order valence-corrected chi connectivity index (χ0v) is 13.1. The SMILES string of the molecule is COC1(C)CCCN(CCCC(C)(C)C(N)=S)C1. The number of piperidine rings is 1. The smallest absolute Gasteiger partial charge is 0.0784 e. The molecule has 0 aliphatic carbocycles. The number of nitrogens with zero attached hydrogens (tertiary/aromatic N) is 1. The normalized spacial score (nSPS) is 26.2. The van der Waals surface area contributed by atoms with Crippen LogP contribution in [0.3, 0.4) is 0 Å². The van der Waals surface area contributed by atoms with E-state index in [0.717, 1.165) is 25.9 Å². The van der Waals surface area contributed by atoms with Gasteiger partial charge in [0.2, 0.25) is 0 Å². The van der Waals surface area contributed by atoms with E-state index in [1.807, 2.05) is 7.11 Å². The van der Waals surface area contributed by atoms with Gasteiger partial charge in [0.25, 0.3) is 0 Å². The van der Waals surface area contributed by atoms with Crippen LogP contribution >= 0.6 is 12.2 Å². The number of rotatable bonds is 6. The Morgan fingerprint density at radius 1 is 1.50 bits per heavy atom. The molecule has 0 aromatic carbocycles. The second kappa shape index (κ2) is 6.31. The number of hydrogen-bond donors (Lipinski definition) is 1. The van der Waals surface area contributed by atoms with Crippen molar-refractivity contribution in [2.45, 2.75) is 52.1 Å². The van der Waals surface area contributed by atoms with Crippen LogP contribution in [0.5, 0.6) is 0 Å². The van der Waals surface area contributed by atoms with Gasteiger partial charge in [-0.15, -0.1) is 0 Å². The van der Waals surface area contributed by atoms with E-state index in [2.05, 4.69) is 25.7 Å². The minimum absolute atomic E-state index is 0.0182. The Hall–Kier alpha value is -0.190. The van der Waals surface area contributed by atoms with E-state index >= 15 is 0 Å². The maximum Gasteiger partial charge on any atom is 0.0784 e. The molecular formula is C14H28N2OS. The van der Waals surface area contributed by atoms with Crippen molar-refractivity contribution < 1.29 is 4.74 Å². The molecule has 1 aliphatic heterocycles. The third-order valence-corrected chi connectivity index (χ3v) is 4.73. The molecule has 4 heteroatoms. The Labute approximate surface area is 117 Å². The molecular weight excluding hydrogens is 244 g/mol. The molecule has 0 amide bonds. The van der Waals surface area contributed by atoms with Crippen LogP contribution in [0.2, 0.25) is 0 Å². The Morgan fingerprint density at radius 3 is 2.72 bits per heavy atom. The van der Waals surface area contributed by atoms with Crippen LogP contribution in [0, 0.1) is 5.41 Å². The second-order valence-corrected chi connectivity index (χ2v) is 6.83. The molecule has 1 heterocycles. The van der Waals surface area contributed by atoms with Gasteiger partial charge in [-0.25, -0.2) is 0 Å². The van der Waals surface area contributed by atoms with Crippen molar-refractivity contribution in [3.8, 4) is 0 Å². The molecule has 1 unspecified atom stereocenters. The summed E-state index contributed by atoms with van der Waals surface area (Å²) < 4.78 is 5.61. The van der Waals surface area contributed by atoms with Crippen LogP contribution in [0.1, 0.15) is 46.5 Å². The summed E-state index contributed by atoms with van der Waals surface area (Å²) in [6.45, 7) is 9.81. The lowest BCUT2D eigenvalue weighted by molar-refractivity contribution is -0.0510. The van der Waals surface area contributed by atoms with Crippen molar-refractivity contribution in [2.24, 2.45) is 11.1 Å². The van der Waals surface area contributed by atoms with Gasteiger partial charge >= 0.3 is 0 Å². The fourth-order valence-electron chi connectivity index (χ4n) is 2.53. The molecule has 1 aliphatic rings. The van der Waals surface area contributed by atoms with Crippen molar-refractivity contribution in [3.05, 3.63) is 0 Å². The van der Waals surface area contributed by atoms with Crippen molar-refractivity contribution in [1.29, 1.82) is 0 Å². The Balaban J connectivity index is 2.34. The van der Waals surface area contributed by atoms with Crippen LogP contribution in [-0.4, -0.2) is 42.2 Å². The molecule has 0 radical (unpaired) electrons. The average molecular weight is 272 g/mol. The molecule has 0 spiro atoms. The van der Waals surface area contributed by atoms with Crippen molar-refractivity contribution in [3.63, 3.8) is 0 Å². The first-order valence-electron chi connectivity index (χ1n) is 6.86. The molecule has 1 rings (SSSR count). The lowest BCUT2D eigenvalue weighted by Crippen LogP contribution is -2.47. The zero-order valence-electron chi connectivity index (χ0n) is 12.3. The highest BCUT2D eigenvalue weighted by Crippen LogP contribution is 2.26. The number of hydrogen-bond acceptors (Lipinski definition) is 3. The number of ether oxygens (including phenoxy) is 1. The molecule has 0 bridgehead atoms. The van der Waals surface area contributed by atoms with Crippen molar-refractivity contribution >= 4 is 17.2 Å². The largest absolute Gasteiger partial charge is 0.393 e. The Kier molecular flexibility index (Phi) is 5.56. The number of methoxy groups -OCH3 is 1. The molecule has 1 atom stereocenters. The van der Waals surface area contributed by atoms with E-state index in [-0.39, 0.29) is 11.0 Å². The van der Waals surface area contributed by atoms with E-state index in [1.165, 1.54) is 19.4 Å². The molecule has 1 saturated heterocycles. The minimum atomic E-state index is -0.0182. The average Bonchev–Trinajstić information content (AvgIpc) is 2.29. The lowest BCUT2D eigenvalue weighted by Gasteiger charge is -2.39. The monoisotopic (exact) mass is 272 g/mol. The minimum Gasteiger partial charge on any atom is -0.393 e. The number of nitrogens with two attached hydrogens (primary N) is 1. The van der Waals surface area contributed by atoms with Gasteiger partial charge in [-0.2, -0.15) is 0 Å². The summed E-state index contributed by atoms with van der Waals surface area (Å²) in [5, 5.41) is 0. The molecule has 1 fully saturated rings. The van der Waals surface area contributed by atoms with Gasteiger partial charge in [-0.3, -0.25) is 0 Å². The summed E-state index contributed by atoms with van der Waals surface area (Å²) in [7, 11) is 1.82. The predicted octanol–water partition coefficient (Wildman–Crippen LogP) is 2.58. The van der Waals surface area contributed by atoms with Gasteiger partial charge in [-0.05, 0) is 45.7 Å². The summed E-state index contributed by atoms with van der Waals surface area (Å²) in [5.74, 6) is 0. The van der Waals surface area contributed by atoms with Crippen molar-refractivity contribution in [2.75, 3.05) is 26.7 Å². The summed E-state index contributed by atoms with van der Waals surface area (Å²) in [6, 6.07) is 0. The first-order valence-corrected chi connectivity index (χ1v) is 7.27. The molecule has 0 aromatic rings. The quantitative estimate of drug-likeness (QED) is 0.754. The van der Waals surface area contributed by atoms with Crippen molar-refractivity contribution in [1.82, 2.24) is 4.90 Å². The van der Waals surface area contributed by atoms with Gasteiger partial charge < -0.3 is 15.4 Å². The van der Waals surface area contributed by atoms with Crippen LogP contribution in [-0.2, 0) is 4.74 Å². The van der Waals surface area contributed by atoms with Crippen LogP contribution in [0.4, 0.5) is 0 Å². The Bertz CT molecular complexity index is 294. The fraction of sp³-hybridized carbons (Fsp3) is 0.929.